The summed E-state index contributed by atoms with van der Waals surface area (Å²) in [5, 5.41) is -0.602. The van der Waals surface area contributed by atoms with Gasteiger partial charge in [-0.25, -0.2) is 12.8 Å². The molecule has 2 rings (SSSR count). The van der Waals surface area contributed by atoms with Gasteiger partial charge in [-0.3, -0.25) is 4.72 Å². The van der Waals surface area contributed by atoms with Gasteiger partial charge < -0.3 is 0 Å². The van der Waals surface area contributed by atoms with Crippen LogP contribution in [0.15, 0.2) is 39.7 Å². The maximum Gasteiger partial charge on any atom is 0.261 e. The van der Waals surface area contributed by atoms with Crippen molar-refractivity contribution in [3.8, 4) is 0 Å². The van der Waals surface area contributed by atoms with E-state index in [1.165, 1.54) is 18.2 Å². The minimum atomic E-state index is -3.88. The second-order valence-corrected chi connectivity index (χ2v) is 7.58. The average Bonchev–Trinajstić information content (AvgIpc) is 2.42. The molecule has 0 aliphatic rings. The summed E-state index contributed by atoms with van der Waals surface area (Å²) in [5.41, 5.74) is 0.824. The van der Waals surface area contributed by atoms with Crippen LogP contribution in [-0.2, 0) is 10.0 Å². The Kier molecular flexibility index (Phi) is 4.82. The van der Waals surface area contributed by atoms with Crippen LogP contribution in [-0.4, -0.2) is 8.42 Å². The molecule has 0 aliphatic carbocycles. The summed E-state index contributed by atoms with van der Waals surface area (Å²) in [6.45, 7) is 1.84. The van der Waals surface area contributed by atoms with E-state index in [0.717, 1.165) is 5.56 Å². The number of hydrogen-bond donors (Lipinski definition) is 1. The van der Waals surface area contributed by atoms with E-state index in [4.69, 9.17) is 23.2 Å². The van der Waals surface area contributed by atoms with Gasteiger partial charge in [-0.15, -0.1) is 0 Å². The van der Waals surface area contributed by atoms with Gasteiger partial charge in [-0.2, -0.15) is 0 Å². The lowest BCUT2D eigenvalue weighted by Crippen LogP contribution is -2.14. The van der Waals surface area contributed by atoms with E-state index >= 15 is 0 Å². The Labute approximate surface area is 140 Å². The summed E-state index contributed by atoms with van der Waals surface area (Å²) in [6.07, 6.45) is 0. The number of nitrogens with one attached hydrogen (secondary N) is 1. The number of anilines is 1. The van der Waals surface area contributed by atoms with Gasteiger partial charge in [0.25, 0.3) is 10.0 Å². The van der Waals surface area contributed by atoms with E-state index in [0.29, 0.717) is 0 Å². The Hall–Kier alpha value is -0.820. The smallest absolute Gasteiger partial charge is 0.261 e. The third-order valence-corrected chi connectivity index (χ3v) is 5.30. The van der Waals surface area contributed by atoms with Crippen molar-refractivity contribution in [1.82, 2.24) is 0 Å². The minimum Gasteiger partial charge on any atom is -0.277 e. The van der Waals surface area contributed by atoms with Crippen LogP contribution in [0.1, 0.15) is 5.56 Å². The molecule has 0 atom stereocenters. The van der Waals surface area contributed by atoms with Crippen molar-refractivity contribution in [2.75, 3.05) is 4.72 Å². The van der Waals surface area contributed by atoms with Gasteiger partial charge in [0.1, 0.15) is 5.02 Å². The topological polar surface area (TPSA) is 46.2 Å². The van der Waals surface area contributed by atoms with Crippen LogP contribution in [0.4, 0.5) is 10.1 Å². The zero-order valence-electron chi connectivity index (χ0n) is 10.6. The van der Waals surface area contributed by atoms with Crippen molar-refractivity contribution < 1.29 is 12.8 Å². The van der Waals surface area contributed by atoms with E-state index in [1.807, 2.05) is 6.92 Å². The maximum atomic E-state index is 13.7. The first-order chi connectivity index (χ1) is 9.72. The largest absolute Gasteiger partial charge is 0.277 e. The van der Waals surface area contributed by atoms with Crippen LogP contribution < -0.4 is 4.72 Å². The van der Waals surface area contributed by atoms with Crippen molar-refractivity contribution in [2.45, 2.75) is 11.8 Å². The van der Waals surface area contributed by atoms with Gasteiger partial charge in [-0.1, -0.05) is 40.9 Å². The number of aryl methyl sites for hydroxylation is 1. The lowest BCUT2D eigenvalue weighted by atomic mass is 10.2. The minimum absolute atomic E-state index is 0.0476. The Balaban J connectivity index is 2.47. The molecule has 0 unspecified atom stereocenters. The zero-order valence-corrected chi connectivity index (χ0v) is 14.5. The summed E-state index contributed by atoms with van der Waals surface area (Å²) < 4.78 is 40.7. The second-order valence-electron chi connectivity index (χ2n) is 4.26. The molecule has 2 aromatic carbocycles. The molecule has 21 heavy (non-hydrogen) atoms. The van der Waals surface area contributed by atoms with Crippen molar-refractivity contribution >= 4 is 54.8 Å². The van der Waals surface area contributed by atoms with Crippen LogP contribution in [0.5, 0.6) is 0 Å². The average molecular weight is 413 g/mol. The molecule has 0 saturated heterocycles. The molecule has 8 heteroatoms. The van der Waals surface area contributed by atoms with Crippen LogP contribution >= 0.6 is 39.1 Å². The molecule has 112 valence electrons. The molecule has 3 nitrogen and oxygen atoms in total. The normalized spacial score (nSPS) is 11.5. The monoisotopic (exact) mass is 411 g/mol. The molecule has 0 amide bonds. The maximum absolute atomic E-state index is 13.7. The van der Waals surface area contributed by atoms with E-state index in [1.54, 1.807) is 12.1 Å². The molecule has 0 spiro atoms. The van der Waals surface area contributed by atoms with Crippen LogP contribution in [0.25, 0.3) is 0 Å². The molecular formula is C13H9BrCl2FNO2S. The molecule has 1 N–H and O–H groups in total. The van der Waals surface area contributed by atoms with Crippen LogP contribution in [0.3, 0.4) is 0 Å². The molecule has 0 aromatic heterocycles. The Bertz CT molecular complexity index is 795. The Morgan fingerprint density at radius 2 is 1.76 bits per heavy atom. The Morgan fingerprint density at radius 1 is 1.19 bits per heavy atom. The fourth-order valence-electron chi connectivity index (χ4n) is 1.57. The van der Waals surface area contributed by atoms with Gasteiger partial charge in [0.15, 0.2) is 5.82 Å². The highest BCUT2D eigenvalue weighted by Gasteiger charge is 2.21. The molecule has 0 radical (unpaired) electrons. The molecule has 2 aromatic rings. The Morgan fingerprint density at radius 3 is 2.33 bits per heavy atom. The summed E-state index contributed by atoms with van der Waals surface area (Å²) in [5.74, 6) is -0.886. The third kappa shape index (κ3) is 3.51. The highest BCUT2D eigenvalue weighted by Crippen LogP contribution is 2.38. The zero-order chi connectivity index (χ0) is 15.8. The van der Waals surface area contributed by atoms with Crippen LogP contribution in [0.2, 0.25) is 10.0 Å². The van der Waals surface area contributed by atoms with Gasteiger partial charge >= 0.3 is 0 Å². The summed E-state index contributed by atoms with van der Waals surface area (Å²) in [4.78, 5) is 0.0476. The second kappa shape index (κ2) is 6.12. The van der Waals surface area contributed by atoms with Gasteiger partial charge in [0.05, 0.1) is 15.6 Å². The van der Waals surface area contributed by atoms with E-state index in [-0.39, 0.29) is 20.1 Å². The lowest BCUT2D eigenvalue weighted by Gasteiger charge is -2.13. The third-order valence-electron chi connectivity index (χ3n) is 2.68. The SMILES string of the molecule is Cc1ccc(S(=O)(=O)Nc2c(Br)cc(Cl)c(F)c2Cl)cc1. The molecule has 0 heterocycles. The fraction of sp³-hybridized carbons (Fsp3) is 0.0769. The number of sulfonamides is 1. The van der Waals surface area contributed by atoms with Gasteiger partial charge in [0, 0.05) is 4.47 Å². The molecule has 0 fully saturated rings. The van der Waals surface area contributed by atoms with E-state index in [2.05, 4.69) is 20.7 Å². The van der Waals surface area contributed by atoms with Crippen molar-refractivity contribution in [2.24, 2.45) is 0 Å². The lowest BCUT2D eigenvalue weighted by molar-refractivity contribution is 0.601. The first-order valence-electron chi connectivity index (χ1n) is 5.65. The summed E-state index contributed by atoms with van der Waals surface area (Å²) >= 11 is 14.5. The van der Waals surface area contributed by atoms with Crippen LogP contribution in [0, 0.1) is 12.7 Å². The number of halogens is 4. The number of hydrogen-bond acceptors (Lipinski definition) is 2. The summed E-state index contributed by atoms with van der Waals surface area (Å²) in [7, 11) is -3.88. The molecule has 0 aliphatic heterocycles. The predicted molar refractivity (Wildman–Crippen MR) is 86.1 cm³/mol. The van der Waals surface area contributed by atoms with Gasteiger partial charge in [0.2, 0.25) is 0 Å². The fourth-order valence-corrected chi connectivity index (χ4v) is 4.13. The van der Waals surface area contributed by atoms with Gasteiger partial charge in [-0.05, 0) is 41.1 Å². The van der Waals surface area contributed by atoms with Crippen molar-refractivity contribution in [3.63, 3.8) is 0 Å². The number of rotatable bonds is 3. The highest BCUT2D eigenvalue weighted by molar-refractivity contribution is 9.10. The predicted octanol–water partition coefficient (Wildman–Crippen LogP) is 5.00. The molecule has 0 saturated carbocycles. The molecule has 0 bridgehead atoms. The first-order valence-corrected chi connectivity index (χ1v) is 8.68. The quantitative estimate of drug-likeness (QED) is 0.569. The van der Waals surface area contributed by atoms with E-state index < -0.39 is 20.9 Å². The van der Waals surface area contributed by atoms with E-state index in [9.17, 15) is 12.8 Å². The number of benzene rings is 2. The highest BCUT2D eigenvalue weighted by atomic mass is 79.9. The van der Waals surface area contributed by atoms with Crippen molar-refractivity contribution in [1.29, 1.82) is 0 Å². The standard InChI is InChI=1S/C13H9BrCl2FNO2S/c1-7-2-4-8(5-3-7)21(19,20)18-13-9(14)6-10(15)12(17)11(13)16/h2-6,18H,1H3. The van der Waals surface area contributed by atoms with Crippen molar-refractivity contribution in [3.05, 3.63) is 56.2 Å². The first kappa shape index (κ1) is 16.5. The molecular weight excluding hydrogens is 404 g/mol. The summed E-state index contributed by atoms with van der Waals surface area (Å²) in [6, 6.07) is 7.45.